The lowest BCUT2D eigenvalue weighted by atomic mass is 10.2. The molecule has 0 radical (unpaired) electrons. The zero-order valence-corrected chi connectivity index (χ0v) is 19.6. The summed E-state index contributed by atoms with van der Waals surface area (Å²) in [5.74, 6) is -1.79. The molecule has 0 aliphatic carbocycles. The molecule has 11 nitrogen and oxygen atoms in total. The minimum Gasteiger partial charge on any atom is -0.508 e. The second kappa shape index (κ2) is 11.4. The molecule has 0 saturated heterocycles. The van der Waals surface area contributed by atoms with Crippen LogP contribution in [0.2, 0.25) is 0 Å². The van der Waals surface area contributed by atoms with E-state index in [1.807, 2.05) is 0 Å². The van der Waals surface area contributed by atoms with Gasteiger partial charge in [0.1, 0.15) is 28.6 Å². The fraction of sp³-hybridized carbons (Fsp3) is 0. The number of hydrogen-bond donors (Lipinski definition) is 5. The first-order chi connectivity index (χ1) is 18.3. The van der Waals surface area contributed by atoms with Crippen LogP contribution in [0.25, 0.3) is 5.69 Å². The number of carbonyl (C=O) groups is 2. The van der Waals surface area contributed by atoms with E-state index in [-0.39, 0.29) is 34.3 Å². The maximum absolute atomic E-state index is 13.1. The molecule has 4 aromatic rings. The highest BCUT2D eigenvalue weighted by atomic mass is 16.3. The van der Waals surface area contributed by atoms with Crippen molar-refractivity contribution in [2.75, 3.05) is 0 Å². The van der Waals surface area contributed by atoms with Crippen molar-refractivity contribution in [2.45, 2.75) is 0 Å². The van der Waals surface area contributed by atoms with E-state index in [0.29, 0.717) is 11.1 Å². The summed E-state index contributed by atoms with van der Waals surface area (Å²) in [5.41, 5.74) is 4.45. The Kier molecular flexibility index (Phi) is 7.58. The number of carbonyl (C=O) groups excluding carboxylic acids is 2. The first-order valence-electron chi connectivity index (χ1n) is 11.1. The lowest BCUT2D eigenvalue weighted by Gasteiger charge is -2.17. The molecule has 4 rings (SSSR count). The standard InChI is InChI=1S/C27H21N5O6/c33-20-11-9-19(10-12-20)32-22(26(37)30-28-15-17-5-1-3-7-24(17)35)13-21(34)14-23(32)27(38)31-29-16-18-6-2-4-8-25(18)36/h1-16,33,35-36H,(H,30,37)(H,31,38)/b28-15+,29-16+. The zero-order valence-electron chi connectivity index (χ0n) is 19.6. The fourth-order valence-electron chi connectivity index (χ4n) is 3.41. The Morgan fingerprint density at radius 2 is 1.13 bits per heavy atom. The minimum atomic E-state index is -0.825. The van der Waals surface area contributed by atoms with E-state index in [0.717, 1.165) is 12.1 Å². The molecule has 0 bridgehead atoms. The monoisotopic (exact) mass is 511 g/mol. The number of hydrazone groups is 2. The zero-order chi connectivity index (χ0) is 27.1. The van der Waals surface area contributed by atoms with Gasteiger partial charge in [-0.05, 0) is 48.5 Å². The van der Waals surface area contributed by atoms with Crippen molar-refractivity contribution in [3.05, 3.63) is 118 Å². The topological polar surface area (TPSA) is 166 Å². The Hall–Kier alpha value is -5.71. The summed E-state index contributed by atoms with van der Waals surface area (Å²) in [6.07, 6.45) is 2.45. The van der Waals surface area contributed by atoms with Gasteiger partial charge in [0.25, 0.3) is 11.8 Å². The van der Waals surface area contributed by atoms with Crippen LogP contribution in [0.15, 0.2) is 99.9 Å². The van der Waals surface area contributed by atoms with Crippen molar-refractivity contribution >= 4 is 24.2 Å². The summed E-state index contributed by atoms with van der Waals surface area (Å²) in [6, 6.07) is 20.3. The lowest BCUT2D eigenvalue weighted by molar-refractivity contribution is 0.0940. The number of rotatable bonds is 7. The van der Waals surface area contributed by atoms with Gasteiger partial charge in [0, 0.05) is 28.9 Å². The predicted molar refractivity (Wildman–Crippen MR) is 140 cm³/mol. The first-order valence-corrected chi connectivity index (χ1v) is 11.1. The van der Waals surface area contributed by atoms with Gasteiger partial charge in [-0.2, -0.15) is 10.2 Å². The molecule has 190 valence electrons. The number of aromatic hydroxyl groups is 3. The molecule has 0 aliphatic heterocycles. The number of phenols is 3. The highest BCUT2D eigenvalue weighted by Gasteiger charge is 2.20. The van der Waals surface area contributed by atoms with Gasteiger partial charge in [0.05, 0.1) is 12.4 Å². The van der Waals surface area contributed by atoms with E-state index in [4.69, 9.17) is 0 Å². The average Bonchev–Trinajstić information content (AvgIpc) is 2.91. The number of benzene rings is 3. The van der Waals surface area contributed by atoms with Gasteiger partial charge < -0.3 is 19.9 Å². The van der Waals surface area contributed by atoms with Crippen LogP contribution in [0, 0.1) is 0 Å². The maximum Gasteiger partial charge on any atom is 0.288 e. The van der Waals surface area contributed by atoms with Crippen molar-refractivity contribution in [1.29, 1.82) is 0 Å². The molecule has 0 fully saturated rings. The van der Waals surface area contributed by atoms with Crippen LogP contribution < -0.4 is 16.3 Å². The van der Waals surface area contributed by atoms with Crippen LogP contribution in [0.1, 0.15) is 32.1 Å². The molecule has 0 spiro atoms. The van der Waals surface area contributed by atoms with Crippen LogP contribution in [0.3, 0.4) is 0 Å². The van der Waals surface area contributed by atoms with Crippen molar-refractivity contribution in [2.24, 2.45) is 10.2 Å². The number of amides is 2. The number of nitrogens with zero attached hydrogens (tertiary/aromatic N) is 3. The molecule has 1 aromatic heterocycles. The number of aromatic nitrogens is 1. The molecule has 0 aliphatic rings. The third-order valence-electron chi connectivity index (χ3n) is 5.23. The third-order valence-corrected chi connectivity index (χ3v) is 5.23. The van der Waals surface area contributed by atoms with Crippen LogP contribution in [0.4, 0.5) is 0 Å². The van der Waals surface area contributed by atoms with Crippen LogP contribution in [-0.2, 0) is 0 Å². The first kappa shape index (κ1) is 25.4. The molecule has 2 amide bonds. The minimum absolute atomic E-state index is 0.0467. The van der Waals surface area contributed by atoms with Gasteiger partial charge >= 0.3 is 0 Å². The third kappa shape index (κ3) is 5.91. The quantitative estimate of drug-likeness (QED) is 0.189. The lowest BCUT2D eigenvalue weighted by Crippen LogP contribution is -2.30. The van der Waals surface area contributed by atoms with Gasteiger partial charge in [-0.3, -0.25) is 14.4 Å². The fourth-order valence-corrected chi connectivity index (χ4v) is 3.41. The number of nitrogens with one attached hydrogen (secondary N) is 2. The molecule has 5 N–H and O–H groups in total. The molecular weight excluding hydrogens is 490 g/mol. The molecule has 11 heteroatoms. The van der Waals surface area contributed by atoms with Gasteiger partial charge in [0.15, 0.2) is 5.43 Å². The largest absolute Gasteiger partial charge is 0.508 e. The Bertz CT molecular complexity index is 1520. The maximum atomic E-state index is 13.1. The molecule has 0 unspecified atom stereocenters. The average molecular weight is 511 g/mol. The Balaban J connectivity index is 1.69. The highest BCUT2D eigenvalue weighted by molar-refractivity contribution is 5.98. The second-order valence-corrected chi connectivity index (χ2v) is 7.83. The van der Waals surface area contributed by atoms with E-state index in [1.54, 1.807) is 36.4 Å². The van der Waals surface area contributed by atoms with Gasteiger partial charge in [-0.1, -0.05) is 24.3 Å². The van der Waals surface area contributed by atoms with E-state index in [2.05, 4.69) is 21.1 Å². The second-order valence-electron chi connectivity index (χ2n) is 7.83. The van der Waals surface area contributed by atoms with E-state index >= 15 is 0 Å². The van der Waals surface area contributed by atoms with Gasteiger partial charge in [-0.25, -0.2) is 10.9 Å². The van der Waals surface area contributed by atoms with Crippen molar-refractivity contribution in [1.82, 2.24) is 15.4 Å². The van der Waals surface area contributed by atoms with E-state index < -0.39 is 17.2 Å². The normalized spacial score (nSPS) is 11.1. The Morgan fingerprint density at radius 1 is 0.684 bits per heavy atom. The van der Waals surface area contributed by atoms with E-state index in [1.165, 1.54) is 53.4 Å². The number of phenolic OH excluding ortho intramolecular Hbond substituents is 3. The summed E-state index contributed by atoms with van der Waals surface area (Å²) in [4.78, 5) is 38.6. The summed E-state index contributed by atoms with van der Waals surface area (Å²) in [7, 11) is 0. The smallest absolute Gasteiger partial charge is 0.288 e. The predicted octanol–water partition coefficient (Wildman–Crippen LogP) is 2.48. The van der Waals surface area contributed by atoms with Crippen molar-refractivity contribution in [3.63, 3.8) is 0 Å². The number of hydrogen-bond acceptors (Lipinski definition) is 8. The SMILES string of the molecule is O=C(N/N=C/c1ccccc1O)c1cc(=O)cc(C(=O)N/N=C/c2ccccc2O)n1-c1ccc(O)cc1. The molecule has 38 heavy (non-hydrogen) atoms. The Morgan fingerprint density at radius 3 is 1.58 bits per heavy atom. The van der Waals surface area contributed by atoms with E-state index in [9.17, 15) is 29.7 Å². The summed E-state index contributed by atoms with van der Waals surface area (Å²) in [5, 5.41) is 37.1. The Labute approximate surface area is 215 Å². The molecule has 1 heterocycles. The number of para-hydroxylation sites is 2. The van der Waals surface area contributed by atoms with Gasteiger partial charge in [0.2, 0.25) is 0 Å². The molecule has 0 saturated carbocycles. The summed E-state index contributed by atoms with van der Waals surface area (Å²) < 4.78 is 1.20. The number of pyridine rings is 1. The van der Waals surface area contributed by atoms with Crippen LogP contribution in [0.5, 0.6) is 17.2 Å². The van der Waals surface area contributed by atoms with Gasteiger partial charge in [-0.15, -0.1) is 0 Å². The van der Waals surface area contributed by atoms with Crippen LogP contribution >= 0.6 is 0 Å². The van der Waals surface area contributed by atoms with Crippen molar-refractivity contribution in [3.8, 4) is 22.9 Å². The van der Waals surface area contributed by atoms with Crippen molar-refractivity contribution < 1.29 is 24.9 Å². The summed E-state index contributed by atoms with van der Waals surface area (Å²) >= 11 is 0. The molecule has 3 aromatic carbocycles. The van der Waals surface area contributed by atoms with Crippen LogP contribution in [-0.4, -0.2) is 44.1 Å². The highest BCUT2D eigenvalue weighted by Crippen LogP contribution is 2.19. The molecule has 0 atom stereocenters. The summed E-state index contributed by atoms with van der Waals surface area (Å²) in [6.45, 7) is 0. The molecular formula is C27H21N5O6.